The molecule has 0 spiro atoms. The second-order valence-electron chi connectivity index (χ2n) is 4.42. The molecule has 0 fully saturated rings. The monoisotopic (exact) mass is 365 g/mol. The summed E-state index contributed by atoms with van der Waals surface area (Å²) in [6, 6.07) is 9.66. The van der Waals surface area contributed by atoms with Gasteiger partial charge in [0.1, 0.15) is 5.75 Å². The minimum Gasteiger partial charge on any atom is -0.492 e. The van der Waals surface area contributed by atoms with Crippen LogP contribution in [0.1, 0.15) is 23.7 Å². The summed E-state index contributed by atoms with van der Waals surface area (Å²) in [6.45, 7) is 2.67. The van der Waals surface area contributed by atoms with Gasteiger partial charge in [-0.1, -0.05) is 22.9 Å². The van der Waals surface area contributed by atoms with E-state index in [0.29, 0.717) is 23.7 Å². The quantitative estimate of drug-likeness (QED) is 0.530. The summed E-state index contributed by atoms with van der Waals surface area (Å²) < 4.78 is 6.53. The number of carbonyl (C=O) groups is 1. The Kier molecular flexibility index (Phi) is 6.26. The van der Waals surface area contributed by atoms with Gasteiger partial charge >= 0.3 is 0 Å². The maximum absolute atomic E-state index is 12.2. The van der Waals surface area contributed by atoms with Crippen LogP contribution in [0, 0.1) is 0 Å². The normalized spacial score (nSPS) is 10.4. The maximum Gasteiger partial charge on any atom is 0.174 e. The van der Waals surface area contributed by atoms with Gasteiger partial charge in [0.25, 0.3) is 0 Å². The van der Waals surface area contributed by atoms with Gasteiger partial charge in [0.05, 0.1) is 18.6 Å². The van der Waals surface area contributed by atoms with E-state index in [0.717, 1.165) is 15.8 Å². The molecule has 1 aromatic heterocycles. The predicted molar refractivity (Wildman–Crippen MR) is 89.2 cm³/mol. The Bertz CT molecular complexity index is 601. The van der Waals surface area contributed by atoms with E-state index < -0.39 is 0 Å². The smallest absolute Gasteiger partial charge is 0.174 e. The van der Waals surface area contributed by atoms with Gasteiger partial charge in [-0.3, -0.25) is 9.78 Å². The highest BCUT2D eigenvalue weighted by atomic mass is 79.9. The van der Waals surface area contributed by atoms with E-state index in [1.807, 2.05) is 31.2 Å². The van der Waals surface area contributed by atoms with E-state index in [1.165, 1.54) is 11.8 Å². The van der Waals surface area contributed by atoms with Crippen LogP contribution in [0.4, 0.5) is 0 Å². The zero-order chi connectivity index (χ0) is 15.1. The van der Waals surface area contributed by atoms with Crippen molar-refractivity contribution in [1.82, 2.24) is 4.98 Å². The molecule has 21 heavy (non-hydrogen) atoms. The lowest BCUT2D eigenvalue weighted by Crippen LogP contribution is -2.04. The third kappa shape index (κ3) is 5.17. The Morgan fingerprint density at radius 3 is 2.76 bits per heavy atom. The fraction of sp³-hybridized carbons (Fsp3) is 0.250. The van der Waals surface area contributed by atoms with E-state index in [9.17, 15) is 4.79 Å². The number of carbonyl (C=O) groups excluding carboxylic acids is 1. The van der Waals surface area contributed by atoms with Crippen molar-refractivity contribution in [3.63, 3.8) is 0 Å². The molecular weight excluding hydrogens is 350 g/mol. The van der Waals surface area contributed by atoms with Crippen LogP contribution in [0.25, 0.3) is 0 Å². The summed E-state index contributed by atoms with van der Waals surface area (Å²) in [5.41, 5.74) is 0.591. The summed E-state index contributed by atoms with van der Waals surface area (Å²) in [6.07, 6.45) is 4.15. The first kappa shape index (κ1) is 16.0. The number of ketones is 1. The summed E-state index contributed by atoms with van der Waals surface area (Å²) in [4.78, 5) is 17.3. The van der Waals surface area contributed by atoms with Crippen molar-refractivity contribution in [3.8, 4) is 5.75 Å². The summed E-state index contributed by atoms with van der Waals surface area (Å²) in [7, 11) is 0. The van der Waals surface area contributed by atoms with Crippen LogP contribution in [0.2, 0.25) is 0 Å². The molecule has 3 nitrogen and oxygen atoms in total. The van der Waals surface area contributed by atoms with E-state index in [-0.39, 0.29) is 5.78 Å². The van der Waals surface area contributed by atoms with Gasteiger partial charge in [-0.2, -0.15) is 0 Å². The number of rotatable bonds is 7. The van der Waals surface area contributed by atoms with E-state index in [4.69, 9.17) is 4.74 Å². The van der Waals surface area contributed by atoms with Gasteiger partial charge in [0, 0.05) is 21.1 Å². The molecule has 1 aromatic carbocycles. The van der Waals surface area contributed by atoms with Gasteiger partial charge in [0.2, 0.25) is 0 Å². The second kappa shape index (κ2) is 8.20. The fourth-order valence-electron chi connectivity index (χ4n) is 1.63. The minimum atomic E-state index is 0.0531. The van der Waals surface area contributed by atoms with Crippen LogP contribution in [-0.4, -0.2) is 23.1 Å². The first-order valence-corrected chi connectivity index (χ1v) is 8.46. The molecule has 0 atom stereocenters. The number of benzene rings is 1. The van der Waals surface area contributed by atoms with Gasteiger partial charge in [-0.15, -0.1) is 11.8 Å². The SMILES string of the molecule is CCCOc1cncc(C(=O)CSc2ccc(Br)cc2)c1. The Morgan fingerprint density at radius 2 is 2.05 bits per heavy atom. The third-order valence-corrected chi connectivity index (χ3v) is 4.23. The third-order valence-electron chi connectivity index (χ3n) is 2.69. The molecule has 0 saturated carbocycles. The number of halogens is 1. The van der Waals surface area contributed by atoms with E-state index in [1.54, 1.807) is 18.5 Å². The molecule has 0 N–H and O–H groups in total. The zero-order valence-corrected chi connectivity index (χ0v) is 14.1. The number of hydrogen-bond donors (Lipinski definition) is 0. The number of thioether (sulfide) groups is 1. The number of nitrogens with zero attached hydrogens (tertiary/aromatic N) is 1. The molecule has 110 valence electrons. The molecule has 0 aliphatic heterocycles. The van der Waals surface area contributed by atoms with Crippen LogP contribution < -0.4 is 4.74 Å². The fourth-order valence-corrected chi connectivity index (χ4v) is 2.69. The van der Waals surface area contributed by atoms with Crippen LogP contribution >= 0.6 is 27.7 Å². The molecule has 0 aliphatic carbocycles. The number of hydrogen-bond acceptors (Lipinski definition) is 4. The van der Waals surface area contributed by atoms with Crippen molar-refractivity contribution in [3.05, 3.63) is 52.8 Å². The summed E-state index contributed by atoms with van der Waals surface area (Å²) >= 11 is 4.91. The molecule has 1 heterocycles. The Morgan fingerprint density at radius 1 is 1.29 bits per heavy atom. The molecule has 0 bridgehead atoms. The molecule has 0 unspecified atom stereocenters. The zero-order valence-electron chi connectivity index (χ0n) is 11.7. The lowest BCUT2D eigenvalue weighted by molar-refractivity contribution is 0.102. The van der Waals surface area contributed by atoms with Gasteiger partial charge in [-0.25, -0.2) is 0 Å². The minimum absolute atomic E-state index is 0.0531. The number of Topliss-reactive ketones (excluding diaryl/α,β-unsaturated/α-hetero) is 1. The highest BCUT2D eigenvalue weighted by Crippen LogP contribution is 2.22. The lowest BCUT2D eigenvalue weighted by atomic mass is 10.2. The number of aromatic nitrogens is 1. The van der Waals surface area contributed by atoms with Crippen molar-refractivity contribution in [2.75, 3.05) is 12.4 Å². The van der Waals surface area contributed by atoms with Crippen LogP contribution in [0.5, 0.6) is 5.75 Å². The van der Waals surface area contributed by atoms with E-state index >= 15 is 0 Å². The first-order chi connectivity index (χ1) is 10.2. The van der Waals surface area contributed by atoms with E-state index in [2.05, 4.69) is 20.9 Å². The molecule has 0 saturated heterocycles. The van der Waals surface area contributed by atoms with Crippen LogP contribution in [-0.2, 0) is 0 Å². The molecular formula is C16H16BrNO2S. The van der Waals surface area contributed by atoms with Gasteiger partial charge < -0.3 is 4.74 Å². The van der Waals surface area contributed by atoms with Crippen molar-refractivity contribution < 1.29 is 9.53 Å². The Labute approximate surface area is 137 Å². The average molecular weight is 366 g/mol. The molecule has 2 rings (SSSR count). The van der Waals surface area contributed by atoms with Crippen molar-refractivity contribution in [1.29, 1.82) is 0 Å². The topological polar surface area (TPSA) is 39.2 Å². The Hall–Kier alpha value is -1.33. The van der Waals surface area contributed by atoms with Crippen LogP contribution in [0.3, 0.4) is 0 Å². The lowest BCUT2D eigenvalue weighted by Gasteiger charge is -2.06. The van der Waals surface area contributed by atoms with Crippen molar-refractivity contribution in [2.45, 2.75) is 18.2 Å². The summed E-state index contributed by atoms with van der Waals surface area (Å²) in [5, 5.41) is 0. The van der Waals surface area contributed by atoms with Gasteiger partial charge in [-0.05, 0) is 36.8 Å². The van der Waals surface area contributed by atoms with Gasteiger partial charge in [0.15, 0.2) is 5.78 Å². The predicted octanol–water partition coefficient (Wildman–Crippen LogP) is 4.61. The second-order valence-corrected chi connectivity index (χ2v) is 6.39. The molecule has 0 radical (unpaired) electrons. The molecule has 5 heteroatoms. The van der Waals surface area contributed by atoms with Crippen LogP contribution in [0.15, 0.2) is 52.1 Å². The standard InChI is InChI=1S/C16H16BrNO2S/c1-2-7-20-14-8-12(9-18-10-14)16(19)11-21-15-5-3-13(17)4-6-15/h3-6,8-10H,2,7,11H2,1H3. The molecule has 0 amide bonds. The Balaban J connectivity index is 1.95. The molecule has 0 aliphatic rings. The number of ether oxygens (including phenoxy) is 1. The van der Waals surface area contributed by atoms with Crippen molar-refractivity contribution in [2.24, 2.45) is 0 Å². The average Bonchev–Trinajstić information content (AvgIpc) is 2.52. The first-order valence-electron chi connectivity index (χ1n) is 6.68. The largest absolute Gasteiger partial charge is 0.492 e. The number of pyridine rings is 1. The highest BCUT2D eigenvalue weighted by molar-refractivity contribution is 9.10. The highest BCUT2D eigenvalue weighted by Gasteiger charge is 2.08. The van der Waals surface area contributed by atoms with Crippen molar-refractivity contribution >= 4 is 33.5 Å². The molecule has 2 aromatic rings. The maximum atomic E-state index is 12.2. The summed E-state index contributed by atoms with van der Waals surface area (Å²) in [5.74, 6) is 1.09.